The Labute approximate surface area is 233 Å². The van der Waals surface area contributed by atoms with Gasteiger partial charge in [0.15, 0.2) is 0 Å². The molecule has 40 heavy (non-hydrogen) atoms. The predicted octanol–water partition coefficient (Wildman–Crippen LogP) is 5.28. The topological polar surface area (TPSA) is 116 Å². The van der Waals surface area contributed by atoms with Gasteiger partial charge in [0.1, 0.15) is 18.0 Å². The minimum atomic E-state index is -0.534. The number of nitrogens with two attached hydrogens (primary N) is 1. The zero-order chi connectivity index (χ0) is 28.4. The molecule has 0 radical (unpaired) electrons. The Morgan fingerprint density at radius 2 is 2.05 bits per heavy atom. The van der Waals surface area contributed by atoms with E-state index in [-0.39, 0.29) is 29.7 Å². The van der Waals surface area contributed by atoms with Crippen LogP contribution in [0.3, 0.4) is 0 Å². The summed E-state index contributed by atoms with van der Waals surface area (Å²) in [5.74, 6) is 0.00894. The smallest absolute Gasteiger partial charge is 0.410 e. The highest BCUT2D eigenvalue weighted by Gasteiger charge is 2.32. The van der Waals surface area contributed by atoms with Crippen LogP contribution in [0.15, 0.2) is 47.9 Å². The number of ether oxygens (including phenoxy) is 1. The van der Waals surface area contributed by atoms with Crippen LogP contribution in [0.4, 0.5) is 15.1 Å². The first-order valence-corrected chi connectivity index (χ1v) is 13.6. The van der Waals surface area contributed by atoms with E-state index in [9.17, 15) is 9.18 Å². The van der Waals surface area contributed by atoms with Gasteiger partial charge in [-0.05, 0) is 75.8 Å². The summed E-state index contributed by atoms with van der Waals surface area (Å²) < 4.78 is 19.9. The van der Waals surface area contributed by atoms with E-state index in [1.165, 1.54) is 6.07 Å². The molecule has 0 saturated carbocycles. The fraction of sp³-hybridized carbons (Fsp3) is 0.433. The first-order chi connectivity index (χ1) is 19.1. The zero-order valence-electron chi connectivity index (χ0n) is 23.4. The summed E-state index contributed by atoms with van der Waals surface area (Å²) in [6.07, 6.45) is 5.11. The Morgan fingerprint density at radius 1 is 1.23 bits per heavy atom. The standard InChI is InChI=1S/C30H35FN6O3/c1-18-27-25(35-28(32)34-18)12-21(23-8-7-22(31)14-24(23)20-6-5-10-33-15-20)13-26(27)36-39-17-19-9-11-37(16-19)29(38)40-30(2,3)4/h5-8,10,14-15,19,21H,9,11-13,16-17H2,1-4H3,(H2,32,34,35)/b36-26+/t19-,21?/m0/s1. The minimum Gasteiger partial charge on any atom is -0.444 e. The number of nitrogens with zero attached hydrogens (tertiary/aromatic N) is 5. The number of oxime groups is 1. The number of nitrogen functional groups attached to an aromatic ring is 1. The number of halogens is 1. The van der Waals surface area contributed by atoms with Gasteiger partial charge in [0.25, 0.3) is 0 Å². The fourth-order valence-electron chi connectivity index (χ4n) is 5.46. The number of pyridine rings is 1. The molecule has 5 rings (SSSR count). The molecule has 1 aromatic carbocycles. The van der Waals surface area contributed by atoms with Gasteiger partial charge in [-0.15, -0.1) is 0 Å². The second kappa shape index (κ2) is 11.2. The summed E-state index contributed by atoms with van der Waals surface area (Å²) >= 11 is 0. The number of anilines is 1. The first kappa shape index (κ1) is 27.5. The monoisotopic (exact) mass is 546 g/mol. The molecule has 1 fully saturated rings. The molecule has 2 aliphatic rings. The third-order valence-electron chi connectivity index (χ3n) is 7.20. The van der Waals surface area contributed by atoms with Gasteiger partial charge in [0.2, 0.25) is 5.95 Å². The van der Waals surface area contributed by atoms with Crippen LogP contribution in [0.25, 0.3) is 11.1 Å². The van der Waals surface area contributed by atoms with Crippen molar-refractivity contribution in [3.05, 3.63) is 71.1 Å². The molecule has 3 heterocycles. The van der Waals surface area contributed by atoms with Crippen molar-refractivity contribution in [1.29, 1.82) is 0 Å². The van der Waals surface area contributed by atoms with Crippen molar-refractivity contribution in [3.63, 3.8) is 0 Å². The van der Waals surface area contributed by atoms with Crippen LogP contribution in [-0.4, -0.2) is 57.0 Å². The number of rotatable bonds is 5. The van der Waals surface area contributed by atoms with E-state index in [4.69, 9.17) is 15.3 Å². The van der Waals surface area contributed by atoms with Crippen LogP contribution in [-0.2, 0) is 16.0 Å². The molecule has 1 saturated heterocycles. The number of benzene rings is 1. The summed E-state index contributed by atoms with van der Waals surface area (Å²) in [5.41, 5.74) is 11.2. The molecule has 9 nitrogen and oxygen atoms in total. The average Bonchev–Trinajstić information content (AvgIpc) is 3.37. The normalized spacial score (nSPS) is 19.9. The maximum Gasteiger partial charge on any atom is 0.410 e. The lowest BCUT2D eigenvalue weighted by atomic mass is 9.78. The lowest BCUT2D eigenvalue weighted by molar-refractivity contribution is 0.0275. The first-order valence-electron chi connectivity index (χ1n) is 13.6. The van der Waals surface area contributed by atoms with Gasteiger partial charge in [-0.1, -0.05) is 17.3 Å². The molecule has 1 amide bonds. The molecule has 1 aliphatic heterocycles. The predicted molar refractivity (Wildman–Crippen MR) is 150 cm³/mol. The van der Waals surface area contributed by atoms with Crippen molar-refractivity contribution in [1.82, 2.24) is 19.9 Å². The summed E-state index contributed by atoms with van der Waals surface area (Å²) in [6.45, 7) is 9.02. The Hall–Kier alpha value is -4.08. The number of likely N-dealkylation sites (tertiary alicyclic amines) is 1. The van der Waals surface area contributed by atoms with E-state index in [0.717, 1.165) is 45.8 Å². The van der Waals surface area contributed by atoms with Gasteiger partial charge in [0.05, 0.1) is 17.1 Å². The van der Waals surface area contributed by atoms with Gasteiger partial charge < -0.3 is 20.2 Å². The Kier molecular flexibility index (Phi) is 7.69. The summed E-state index contributed by atoms with van der Waals surface area (Å²) in [6, 6.07) is 8.62. The van der Waals surface area contributed by atoms with Crippen LogP contribution < -0.4 is 5.73 Å². The average molecular weight is 547 g/mol. The molecule has 2 atom stereocenters. The Bertz CT molecular complexity index is 1420. The molecule has 3 aromatic rings. The van der Waals surface area contributed by atoms with Gasteiger partial charge in [0, 0.05) is 48.9 Å². The van der Waals surface area contributed by atoms with Crippen molar-refractivity contribution < 1.29 is 18.8 Å². The van der Waals surface area contributed by atoms with Crippen LogP contribution in [0.2, 0.25) is 0 Å². The number of carbonyl (C=O) groups excluding carboxylic acids is 1. The number of aromatic nitrogens is 3. The number of fused-ring (bicyclic) bond motifs is 1. The molecule has 210 valence electrons. The van der Waals surface area contributed by atoms with E-state index in [0.29, 0.717) is 32.5 Å². The Balaban J connectivity index is 1.38. The van der Waals surface area contributed by atoms with E-state index in [1.54, 1.807) is 23.4 Å². The zero-order valence-corrected chi connectivity index (χ0v) is 23.4. The molecule has 2 N–H and O–H groups in total. The van der Waals surface area contributed by atoms with Crippen molar-refractivity contribution in [2.75, 3.05) is 25.4 Å². The molecular formula is C30H35FN6O3. The van der Waals surface area contributed by atoms with E-state index < -0.39 is 5.60 Å². The third kappa shape index (κ3) is 6.21. The van der Waals surface area contributed by atoms with Crippen LogP contribution in [0, 0.1) is 18.7 Å². The van der Waals surface area contributed by atoms with Crippen molar-refractivity contribution in [3.8, 4) is 11.1 Å². The van der Waals surface area contributed by atoms with Crippen LogP contribution in [0.5, 0.6) is 0 Å². The highest BCUT2D eigenvalue weighted by atomic mass is 19.1. The SMILES string of the molecule is Cc1nc(N)nc2c1/C(=N/OC[C@H]1CCN(C(=O)OC(C)(C)C)C1)CC(c1ccc(F)cc1-c1cccnc1)C2. The molecular weight excluding hydrogens is 511 g/mol. The third-order valence-corrected chi connectivity index (χ3v) is 7.20. The van der Waals surface area contributed by atoms with E-state index in [1.807, 2.05) is 45.9 Å². The maximum atomic E-state index is 14.4. The molecule has 0 bridgehead atoms. The van der Waals surface area contributed by atoms with E-state index >= 15 is 0 Å². The largest absolute Gasteiger partial charge is 0.444 e. The van der Waals surface area contributed by atoms with Crippen molar-refractivity contribution >= 4 is 17.8 Å². The highest BCUT2D eigenvalue weighted by Crippen LogP contribution is 2.38. The quantitative estimate of drug-likeness (QED) is 0.433. The van der Waals surface area contributed by atoms with Crippen molar-refractivity contribution in [2.45, 2.75) is 58.5 Å². The van der Waals surface area contributed by atoms with Crippen LogP contribution in [0.1, 0.15) is 62.0 Å². The molecule has 10 heteroatoms. The minimum absolute atomic E-state index is 0.0338. The summed E-state index contributed by atoms with van der Waals surface area (Å²) in [7, 11) is 0. The second-order valence-corrected chi connectivity index (χ2v) is 11.5. The summed E-state index contributed by atoms with van der Waals surface area (Å²) in [4.78, 5) is 33.2. The molecule has 0 spiro atoms. The van der Waals surface area contributed by atoms with Crippen LogP contribution >= 0.6 is 0 Å². The fourth-order valence-corrected chi connectivity index (χ4v) is 5.46. The number of hydrogen-bond donors (Lipinski definition) is 1. The number of amides is 1. The molecule has 1 aliphatic carbocycles. The lowest BCUT2D eigenvalue weighted by Crippen LogP contribution is -2.35. The molecule has 2 aromatic heterocycles. The Morgan fingerprint density at radius 3 is 2.80 bits per heavy atom. The number of aryl methyl sites for hydroxylation is 1. The molecule has 1 unspecified atom stereocenters. The lowest BCUT2D eigenvalue weighted by Gasteiger charge is -2.28. The van der Waals surface area contributed by atoms with E-state index in [2.05, 4.69) is 20.1 Å². The van der Waals surface area contributed by atoms with Gasteiger partial charge in [-0.2, -0.15) is 0 Å². The highest BCUT2D eigenvalue weighted by molar-refractivity contribution is 6.03. The number of carbonyl (C=O) groups is 1. The number of hydrogen-bond acceptors (Lipinski definition) is 8. The van der Waals surface area contributed by atoms with Gasteiger partial charge in [-0.3, -0.25) is 4.98 Å². The van der Waals surface area contributed by atoms with Gasteiger partial charge >= 0.3 is 6.09 Å². The summed E-state index contributed by atoms with van der Waals surface area (Å²) in [5, 5.41) is 4.58. The second-order valence-electron chi connectivity index (χ2n) is 11.5. The van der Waals surface area contributed by atoms with Gasteiger partial charge in [-0.25, -0.2) is 19.2 Å². The maximum absolute atomic E-state index is 14.4. The van der Waals surface area contributed by atoms with Crippen molar-refractivity contribution in [2.24, 2.45) is 11.1 Å².